The smallest absolute Gasteiger partial charge is 0.404 e. The molecule has 122 valence electrons. The maximum atomic E-state index is 12.3. The van der Waals surface area contributed by atoms with Crippen LogP contribution in [0.2, 0.25) is 4.34 Å². The molecule has 0 aliphatic heterocycles. The summed E-state index contributed by atoms with van der Waals surface area (Å²) in [5, 5.41) is 13.9. The summed E-state index contributed by atoms with van der Waals surface area (Å²) in [7, 11) is 0. The maximum Gasteiger partial charge on any atom is 0.404 e. The van der Waals surface area contributed by atoms with Gasteiger partial charge >= 0.3 is 6.09 Å². The van der Waals surface area contributed by atoms with Crippen molar-refractivity contribution in [2.75, 3.05) is 6.54 Å². The number of carboxylic acid groups (broad SMARTS) is 1. The highest BCUT2D eigenvalue weighted by molar-refractivity contribution is 9.10. The predicted molar refractivity (Wildman–Crippen MR) is 94.5 cm³/mol. The van der Waals surface area contributed by atoms with Gasteiger partial charge in [-0.05, 0) is 34.0 Å². The van der Waals surface area contributed by atoms with Crippen LogP contribution < -0.4 is 10.6 Å². The standard InChI is InChI=1S/C15H14BrClN2O3S/c16-11-7-12(23-13(11)17)14(20)19-10(8-18-15(21)22)6-9-4-2-1-3-5-9/h1-5,7,10,18H,6,8H2,(H,19,20)(H,21,22). The van der Waals surface area contributed by atoms with Crippen LogP contribution in [-0.2, 0) is 6.42 Å². The first-order valence-corrected chi connectivity index (χ1v) is 8.71. The molecule has 0 fully saturated rings. The lowest BCUT2D eigenvalue weighted by Crippen LogP contribution is -2.44. The Morgan fingerprint density at radius 1 is 1.30 bits per heavy atom. The Hall–Kier alpha value is -1.57. The fourth-order valence-electron chi connectivity index (χ4n) is 2.00. The van der Waals surface area contributed by atoms with Crippen LogP contribution in [0.15, 0.2) is 40.9 Å². The van der Waals surface area contributed by atoms with Crippen molar-refractivity contribution >= 4 is 50.9 Å². The van der Waals surface area contributed by atoms with Crippen LogP contribution in [0.1, 0.15) is 15.2 Å². The van der Waals surface area contributed by atoms with E-state index >= 15 is 0 Å². The summed E-state index contributed by atoms with van der Waals surface area (Å²) in [6, 6.07) is 10.8. The molecule has 0 spiro atoms. The molecule has 0 saturated heterocycles. The van der Waals surface area contributed by atoms with Crippen LogP contribution in [0, 0.1) is 0 Å². The average molecular weight is 418 g/mol. The van der Waals surface area contributed by atoms with Gasteiger partial charge in [0.05, 0.1) is 10.9 Å². The third kappa shape index (κ3) is 5.53. The number of nitrogens with one attached hydrogen (secondary N) is 2. The summed E-state index contributed by atoms with van der Waals surface area (Å²) in [6.07, 6.45) is -0.605. The molecular weight excluding hydrogens is 404 g/mol. The number of carbonyl (C=O) groups is 2. The van der Waals surface area contributed by atoms with Gasteiger partial charge in [0, 0.05) is 11.0 Å². The minimum absolute atomic E-state index is 0.121. The van der Waals surface area contributed by atoms with Gasteiger partial charge in [-0.2, -0.15) is 0 Å². The van der Waals surface area contributed by atoms with Gasteiger partial charge in [0.15, 0.2) is 0 Å². The molecular formula is C15H14BrClN2O3S. The molecule has 2 aromatic rings. The Bertz CT molecular complexity index is 674. The normalized spacial score (nSPS) is 11.7. The molecule has 0 saturated carbocycles. The molecule has 0 radical (unpaired) electrons. The zero-order valence-corrected chi connectivity index (χ0v) is 15.0. The van der Waals surface area contributed by atoms with E-state index in [0.29, 0.717) is 20.1 Å². The number of benzene rings is 1. The zero-order valence-electron chi connectivity index (χ0n) is 11.9. The van der Waals surface area contributed by atoms with Gasteiger partial charge in [0.2, 0.25) is 0 Å². The number of thiophene rings is 1. The Balaban J connectivity index is 2.06. The molecule has 1 aromatic carbocycles. The quantitative estimate of drug-likeness (QED) is 0.669. The number of hydrogen-bond donors (Lipinski definition) is 3. The molecule has 8 heteroatoms. The summed E-state index contributed by atoms with van der Waals surface area (Å²) in [4.78, 5) is 23.5. The fourth-order valence-corrected chi connectivity index (χ4v) is 3.60. The second kappa shape index (κ2) is 8.33. The number of rotatable bonds is 6. The second-order valence-electron chi connectivity index (χ2n) is 4.78. The number of carbonyl (C=O) groups excluding carboxylic acids is 1. The van der Waals surface area contributed by atoms with Crippen molar-refractivity contribution in [2.45, 2.75) is 12.5 Å². The highest BCUT2D eigenvalue weighted by Gasteiger charge is 2.18. The van der Waals surface area contributed by atoms with Crippen molar-refractivity contribution in [2.24, 2.45) is 0 Å². The number of halogens is 2. The van der Waals surface area contributed by atoms with Gasteiger partial charge in [-0.1, -0.05) is 41.9 Å². The van der Waals surface area contributed by atoms with Crippen LogP contribution in [0.4, 0.5) is 4.79 Å². The van der Waals surface area contributed by atoms with E-state index in [1.54, 1.807) is 6.07 Å². The van der Waals surface area contributed by atoms with Crippen LogP contribution in [0.5, 0.6) is 0 Å². The van der Waals surface area contributed by atoms with Crippen molar-refractivity contribution < 1.29 is 14.7 Å². The monoisotopic (exact) mass is 416 g/mol. The Kier molecular flexibility index (Phi) is 6.44. The van der Waals surface area contributed by atoms with E-state index in [9.17, 15) is 9.59 Å². The molecule has 1 atom stereocenters. The van der Waals surface area contributed by atoms with Crippen LogP contribution in [0.25, 0.3) is 0 Å². The summed E-state index contributed by atoms with van der Waals surface area (Å²) in [5.41, 5.74) is 1.01. The summed E-state index contributed by atoms with van der Waals surface area (Å²) in [5.74, 6) is -0.282. The molecule has 23 heavy (non-hydrogen) atoms. The lowest BCUT2D eigenvalue weighted by molar-refractivity contribution is 0.0939. The second-order valence-corrected chi connectivity index (χ2v) is 7.29. The Morgan fingerprint density at radius 2 is 2.00 bits per heavy atom. The van der Waals surface area contributed by atoms with Gasteiger partial charge in [-0.3, -0.25) is 4.79 Å². The van der Waals surface area contributed by atoms with Crippen molar-refractivity contribution in [3.63, 3.8) is 0 Å². The Morgan fingerprint density at radius 3 is 2.57 bits per heavy atom. The Labute approximate surface area is 150 Å². The highest BCUT2D eigenvalue weighted by Crippen LogP contribution is 2.31. The van der Waals surface area contributed by atoms with E-state index in [2.05, 4.69) is 26.6 Å². The fraction of sp³-hybridized carbons (Fsp3) is 0.200. The molecule has 0 bridgehead atoms. The molecule has 1 aromatic heterocycles. The van der Waals surface area contributed by atoms with Gasteiger partial charge in [0.1, 0.15) is 4.34 Å². The molecule has 1 unspecified atom stereocenters. The van der Waals surface area contributed by atoms with Crippen LogP contribution >= 0.6 is 38.9 Å². The molecule has 5 nitrogen and oxygen atoms in total. The molecule has 0 aliphatic rings. The van der Waals surface area contributed by atoms with Crippen LogP contribution in [0.3, 0.4) is 0 Å². The molecule has 1 heterocycles. The van der Waals surface area contributed by atoms with E-state index in [4.69, 9.17) is 16.7 Å². The van der Waals surface area contributed by atoms with Crippen molar-refractivity contribution in [1.82, 2.24) is 10.6 Å². The van der Waals surface area contributed by atoms with Gasteiger partial charge in [-0.15, -0.1) is 11.3 Å². The van der Waals surface area contributed by atoms with E-state index < -0.39 is 6.09 Å². The minimum atomic E-state index is -1.13. The minimum Gasteiger partial charge on any atom is -0.465 e. The van der Waals surface area contributed by atoms with E-state index in [0.717, 1.165) is 16.9 Å². The summed E-state index contributed by atoms with van der Waals surface area (Å²) in [6.45, 7) is 0.121. The zero-order chi connectivity index (χ0) is 16.8. The first-order chi connectivity index (χ1) is 11.0. The lowest BCUT2D eigenvalue weighted by atomic mass is 10.1. The van der Waals surface area contributed by atoms with E-state index in [1.165, 1.54) is 0 Å². The van der Waals surface area contributed by atoms with Crippen LogP contribution in [-0.4, -0.2) is 29.7 Å². The molecule has 3 N–H and O–H groups in total. The predicted octanol–water partition coefficient (Wildman–Crippen LogP) is 3.77. The highest BCUT2D eigenvalue weighted by atomic mass is 79.9. The summed E-state index contributed by atoms with van der Waals surface area (Å²) >= 11 is 10.4. The number of amides is 2. The molecule has 2 amide bonds. The van der Waals surface area contributed by atoms with Crippen molar-refractivity contribution in [1.29, 1.82) is 0 Å². The first kappa shape index (κ1) is 17.8. The lowest BCUT2D eigenvalue weighted by Gasteiger charge is -2.18. The maximum absolute atomic E-state index is 12.3. The van der Waals surface area contributed by atoms with Gasteiger partial charge < -0.3 is 15.7 Å². The average Bonchev–Trinajstić information content (AvgIpc) is 2.85. The summed E-state index contributed by atoms with van der Waals surface area (Å²) < 4.78 is 1.16. The van der Waals surface area contributed by atoms with Gasteiger partial charge in [0.25, 0.3) is 5.91 Å². The van der Waals surface area contributed by atoms with Crippen molar-refractivity contribution in [3.8, 4) is 0 Å². The third-order valence-corrected chi connectivity index (χ3v) is 5.50. The molecule has 0 aliphatic carbocycles. The van der Waals surface area contributed by atoms with Gasteiger partial charge in [-0.25, -0.2) is 4.79 Å². The largest absolute Gasteiger partial charge is 0.465 e. The van der Waals surface area contributed by atoms with Crippen molar-refractivity contribution in [3.05, 3.63) is 55.6 Å². The SMILES string of the molecule is O=C(O)NCC(Cc1ccccc1)NC(=O)c1cc(Br)c(Cl)s1. The van der Waals surface area contributed by atoms with E-state index in [-0.39, 0.29) is 18.5 Å². The number of hydrogen-bond acceptors (Lipinski definition) is 3. The third-order valence-electron chi connectivity index (χ3n) is 3.03. The first-order valence-electron chi connectivity index (χ1n) is 6.72. The topological polar surface area (TPSA) is 78.4 Å². The molecule has 2 rings (SSSR count). The van der Waals surface area contributed by atoms with E-state index in [1.807, 2.05) is 30.3 Å².